The zero-order chi connectivity index (χ0) is 20.9. The van der Waals surface area contributed by atoms with Crippen molar-refractivity contribution in [2.45, 2.75) is 6.10 Å². The van der Waals surface area contributed by atoms with Gasteiger partial charge >= 0.3 is 0 Å². The van der Waals surface area contributed by atoms with Gasteiger partial charge in [-0.25, -0.2) is 5.43 Å². The first kappa shape index (κ1) is 19.3. The van der Waals surface area contributed by atoms with Crippen LogP contribution in [0.1, 0.15) is 5.56 Å². The van der Waals surface area contributed by atoms with Crippen LogP contribution in [0, 0.1) is 0 Å². The molecule has 1 amide bonds. The topological polar surface area (TPSA) is 109 Å². The molecule has 3 aromatic rings. The highest BCUT2D eigenvalue weighted by Gasteiger charge is 2.27. The molecule has 1 unspecified atom stereocenters. The number of carboxylic acids is 1. The van der Waals surface area contributed by atoms with Gasteiger partial charge in [-0.1, -0.05) is 36.4 Å². The molecule has 0 aliphatic carbocycles. The maximum atomic E-state index is 12.4. The van der Waals surface area contributed by atoms with Crippen molar-refractivity contribution in [3.05, 3.63) is 66.2 Å². The van der Waals surface area contributed by atoms with Crippen molar-refractivity contribution in [2.24, 2.45) is 5.10 Å². The minimum atomic E-state index is -1.34. The van der Waals surface area contributed by atoms with Crippen molar-refractivity contribution in [3.63, 3.8) is 0 Å². The maximum absolute atomic E-state index is 12.4. The summed E-state index contributed by atoms with van der Waals surface area (Å²) >= 11 is 0. The van der Waals surface area contributed by atoms with Gasteiger partial charge < -0.3 is 24.1 Å². The molecule has 0 saturated carbocycles. The number of ether oxygens (including phenoxy) is 3. The monoisotopic (exact) mass is 405 g/mol. The van der Waals surface area contributed by atoms with Crippen LogP contribution in [0.5, 0.6) is 17.2 Å². The largest absolute Gasteiger partial charge is 0.546 e. The molecule has 1 aliphatic heterocycles. The van der Waals surface area contributed by atoms with Gasteiger partial charge in [-0.05, 0) is 35.0 Å². The number of carbonyl (C=O) groups is 2. The van der Waals surface area contributed by atoms with Crippen molar-refractivity contribution in [1.82, 2.24) is 5.43 Å². The molecule has 1 aliphatic rings. The summed E-state index contributed by atoms with van der Waals surface area (Å²) in [7, 11) is 0. The lowest BCUT2D eigenvalue weighted by atomic mass is 10.1. The average molecular weight is 405 g/mol. The molecule has 0 saturated heterocycles. The summed E-state index contributed by atoms with van der Waals surface area (Å²) in [5.74, 6) is -0.432. The van der Waals surface area contributed by atoms with E-state index in [2.05, 4.69) is 10.5 Å². The minimum Gasteiger partial charge on any atom is -0.546 e. The van der Waals surface area contributed by atoms with Gasteiger partial charge in [0.15, 0.2) is 11.5 Å². The first-order valence-corrected chi connectivity index (χ1v) is 9.17. The second-order valence-electron chi connectivity index (χ2n) is 6.50. The third-order valence-corrected chi connectivity index (χ3v) is 4.41. The van der Waals surface area contributed by atoms with Gasteiger partial charge in [-0.3, -0.25) is 4.79 Å². The van der Waals surface area contributed by atoms with Gasteiger partial charge in [0.25, 0.3) is 5.91 Å². The Morgan fingerprint density at radius 3 is 2.57 bits per heavy atom. The molecule has 152 valence electrons. The SMILES string of the molecule is O=C([O-])COc1ccccc1C=NNC(=O)C1COc2cc3ccccc3cc2O1. The van der Waals surface area contributed by atoms with Gasteiger partial charge in [-0.15, -0.1) is 0 Å². The fourth-order valence-corrected chi connectivity index (χ4v) is 2.98. The second-order valence-corrected chi connectivity index (χ2v) is 6.50. The molecule has 0 fully saturated rings. The summed E-state index contributed by atoms with van der Waals surface area (Å²) in [4.78, 5) is 23.0. The predicted molar refractivity (Wildman–Crippen MR) is 107 cm³/mol. The average Bonchev–Trinajstić information content (AvgIpc) is 2.76. The van der Waals surface area contributed by atoms with Crippen LogP contribution in [-0.2, 0) is 9.59 Å². The number of carbonyl (C=O) groups excluding carboxylic acids is 2. The minimum absolute atomic E-state index is 0.0536. The Morgan fingerprint density at radius 2 is 1.80 bits per heavy atom. The number of fused-ring (bicyclic) bond motifs is 2. The Hall–Kier alpha value is -4.07. The van der Waals surface area contributed by atoms with E-state index in [-0.39, 0.29) is 6.61 Å². The van der Waals surface area contributed by atoms with Crippen molar-refractivity contribution in [3.8, 4) is 17.2 Å². The number of aliphatic carboxylic acids is 1. The van der Waals surface area contributed by atoms with E-state index in [9.17, 15) is 14.7 Å². The molecule has 4 rings (SSSR count). The quantitative estimate of drug-likeness (QED) is 0.488. The molecule has 0 radical (unpaired) electrons. The molecule has 0 spiro atoms. The maximum Gasteiger partial charge on any atom is 0.284 e. The van der Waals surface area contributed by atoms with E-state index in [1.165, 1.54) is 6.21 Å². The standard InChI is InChI=1S/C22H18N2O6/c25-21(26)13-29-17-8-4-3-7-16(17)11-23-24-22(27)20-12-28-18-9-14-5-1-2-6-15(14)10-19(18)30-20/h1-11,20H,12-13H2,(H,24,27)(H,25,26)/p-1. The smallest absolute Gasteiger partial charge is 0.284 e. The first-order valence-electron chi connectivity index (χ1n) is 9.17. The molecule has 8 nitrogen and oxygen atoms in total. The number of rotatable bonds is 6. The van der Waals surface area contributed by atoms with E-state index in [4.69, 9.17) is 14.2 Å². The zero-order valence-corrected chi connectivity index (χ0v) is 15.7. The number of para-hydroxylation sites is 1. The Morgan fingerprint density at radius 1 is 1.10 bits per heavy atom. The fraction of sp³-hybridized carbons (Fsp3) is 0.136. The van der Waals surface area contributed by atoms with E-state index in [0.717, 1.165) is 10.8 Å². The number of hydrogen-bond donors (Lipinski definition) is 1. The lowest BCUT2D eigenvalue weighted by molar-refractivity contribution is -0.307. The van der Waals surface area contributed by atoms with E-state index in [1.807, 2.05) is 36.4 Å². The molecule has 8 heteroatoms. The molecule has 1 N–H and O–H groups in total. The van der Waals surface area contributed by atoms with Crippen LogP contribution < -0.4 is 24.7 Å². The van der Waals surface area contributed by atoms with E-state index < -0.39 is 24.6 Å². The highest BCUT2D eigenvalue weighted by atomic mass is 16.6. The molecule has 0 bridgehead atoms. The summed E-state index contributed by atoms with van der Waals surface area (Å²) in [5, 5.41) is 16.5. The summed E-state index contributed by atoms with van der Waals surface area (Å²) in [6, 6.07) is 18.2. The Balaban J connectivity index is 1.41. The summed E-state index contributed by atoms with van der Waals surface area (Å²) in [5.41, 5.74) is 2.90. The van der Waals surface area contributed by atoms with Gasteiger partial charge in [0.05, 0.1) is 12.2 Å². The van der Waals surface area contributed by atoms with Gasteiger partial charge in [0, 0.05) is 5.56 Å². The third-order valence-electron chi connectivity index (χ3n) is 4.41. The van der Waals surface area contributed by atoms with Crippen LogP contribution >= 0.6 is 0 Å². The highest BCUT2D eigenvalue weighted by molar-refractivity contribution is 5.88. The van der Waals surface area contributed by atoms with E-state index in [1.54, 1.807) is 24.3 Å². The summed E-state index contributed by atoms with van der Waals surface area (Å²) in [6.07, 6.45) is 0.494. The predicted octanol–water partition coefficient (Wildman–Crippen LogP) is 1.26. The van der Waals surface area contributed by atoms with Crippen molar-refractivity contribution in [1.29, 1.82) is 0 Å². The van der Waals surface area contributed by atoms with Gasteiger partial charge in [-0.2, -0.15) is 5.10 Å². The highest BCUT2D eigenvalue weighted by Crippen LogP contribution is 2.35. The number of amides is 1. The Bertz CT molecular complexity index is 1130. The molecule has 0 aromatic heterocycles. The van der Waals surface area contributed by atoms with Crippen LogP contribution in [0.2, 0.25) is 0 Å². The fourth-order valence-electron chi connectivity index (χ4n) is 2.98. The number of hydrogen-bond acceptors (Lipinski definition) is 7. The lowest BCUT2D eigenvalue weighted by Crippen LogP contribution is -2.42. The van der Waals surface area contributed by atoms with Gasteiger partial charge in [0.2, 0.25) is 6.10 Å². The second kappa shape index (κ2) is 8.52. The van der Waals surface area contributed by atoms with Crippen molar-refractivity contribution >= 4 is 28.9 Å². The zero-order valence-electron chi connectivity index (χ0n) is 15.7. The first-order chi connectivity index (χ1) is 14.6. The van der Waals surface area contributed by atoms with E-state index >= 15 is 0 Å². The van der Waals surface area contributed by atoms with Crippen LogP contribution in [0.4, 0.5) is 0 Å². The van der Waals surface area contributed by atoms with Crippen LogP contribution in [0.3, 0.4) is 0 Å². The molecule has 3 aromatic carbocycles. The van der Waals surface area contributed by atoms with Crippen LogP contribution in [0.15, 0.2) is 65.8 Å². The molecular formula is C22H17N2O6-. The van der Waals surface area contributed by atoms with Crippen LogP contribution in [0.25, 0.3) is 10.8 Å². The molecule has 1 heterocycles. The van der Waals surface area contributed by atoms with Crippen molar-refractivity contribution in [2.75, 3.05) is 13.2 Å². The molecular weight excluding hydrogens is 388 g/mol. The number of nitrogens with one attached hydrogen (secondary N) is 1. The normalized spacial score (nSPS) is 15.1. The number of hydrazone groups is 1. The molecule has 30 heavy (non-hydrogen) atoms. The van der Waals surface area contributed by atoms with Crippen LogP contribution in [-0.4, -0.2) is 37.4 Å². The Kier molecular flexibility index (Phi) is 5.47. The van der Waals surface area contributed by atoms with E-state index in [0.29, 0.717) is 22.8 Å². The summed E-state index contributed by atoms with van der Waals surface area (Å²) < 4.78 is 16.6. The third kappa shape index (κ3) is 4.33. The number of nitrogens with zero attached hydrogens (tertiary/aromatic N) is 1. The lowest BCUT2D eigenvalue weighted by Gasteiger charge is -2.25. The Labute approximate surface area is 171 Å². The molecule has 1 atom stereocenters. The van der Waals surface area contributed by atoms with Gasteiger partial charge in [0.1, 0.15) is 19.0 Å². The summed E-state index contributed by atoms with van der Waals surface area (Å²) in [6.45, 7) is -0.531. The van der Waals surface area contributed by atoms with Crippen molar-refractivity contribution < 1.29 is 28.9 Å². The number of benzene rings is 3. The number of carboxylic acid groups (broad SMARTS) is 1.